The van der Waals surface area contributed by atoms with Gasteiger partial charge in [-0.05, 0) is 116 Å². The van der Waals surface area contributed by atoms with Gasteiger partial charge in [-0.1, -0.05) is 192 Å². The molecule has 0 spiro atoms. The van der Waals surface area contributed by atoms with Gasteiger partial charge in [-0.25, -0.2) is 0 Å². The van der Waals surface area contributed by atoms with E-state index in [4.69, 9.17) is 0 Å². The highest BCUT2D eigenvalue weighted by Gasteiger charge is 2.30. The topological polar surface area (TPSA) is 0 Å². The van der Waals surface area contributed by atoms with Crippen LogP contribution >= 0.6 is 0 Å². The van der Waals surface area contributed by atoms with Crippen LogP contribution in [0.5, 0.6) is 0 Å². The Morgan fingerprint density at radius 3 is 1.57 bits per heavy atom. The van der Waals surface area contributed by atoms with Crippen molar-refractivity contribution in [2.24, 2.45) is 65.1 Å². The standard InChI is InChI=1S/C49H84/c1-38-11-6-7-18-47-32-29-42(13-10-12-38)37-43-25-23-40(24-26-43)21-19-39(2)20-22-41-27-30-45(44-16-8-9-17-44)14-4-3-5-15-46(31-28-41)48-33-35-49(47)36-34-48/h29,32,35,38-48H,3-28,30-31,33-34,36-37H2,1-2H3/b32-29-/t38?,39?,40?,41?,42-,43?,45?,46?,47?,48?/m0/s1. The Balaban J connectivity index is 1.18. The van der Waals surface area contributed by atoms with Crippen molar-refractivity contribution in [1.82, 2.24) is 0 Å². The zero-order valence-electron chi connectivity index (χ0n) is 33.2. The molecule has 0 N–H and O–H groups in total. The summed E-state index contributed by atoms with van der Waals surface area (Å²) in [6, 6.07) is 0. The Hall–Kier alpha value is -0.520. The average molecular weight is 673 g/mol. The normalized spacial score (nSPS) is 41.3. The molecule has 0 aromatic heterocycles. The molecule has 0 saturated heterocycles. The average Bonchev–Trinajstić information content (AvgIpc) is 3.65. The lowest BCUT2D eigenvalue weighted by Gasteiger charge is -2.34. The third-order valence-electron chi connectivity index (χ3n) is 16.3. The first-order chi connectivity index (χ1) is 24.1. The molecule has 3 fully saturated rings. The molecular formula is C49H84. The first-order valence-electron chi connectivity index (χ1n) is 23.5. The maximum Gasteiger partial charge on any atom is -0.00232 e. The number of rotatable bonds is 1. The van der Waals surface area contributed by atoms with E-state index >= 15 is 0 Å². The molecule has 9 aliphatic rings. The summed E-state index contributed by atoms with van der Waals surface area (Å²) in [6.07, 6.45) is 56.7. The van der Waals surface area contributed by atoms with Gasteiger partial charge in [-0.3, -0.25) is 0 Å². The van der Waals surface area contributed by atoms with Crippen LogP contribution in [0, 0.1) is 65.1 Å². The molecule has 0 aromatic carbocycles. The maximum atomic E-state index is 2.83. The summed E-state index contributed by atoms with van der Waals surface area (Å²) in [5.74, 6) is 10.6. The van der Waals surface area contributed by atoms with Crippen molar-refractivity contribution >= 4 is 0 Å². The van der Waals surface area contributed by atoms with E-state index in [-0.39, 0.29) is 0 Å². The minimum atomic E-state index is 0.738. The lowest BCUT2D eigenvalue weighted by atomic mass is 9.71. The molecule has 7 unspecified atom stereocenters. The van der Waals surface area contributed by atoms with E-state index in [2.05, 4.69) is 32.1 Å². The van der Waals surface area contributed by atoms with E-state index in [1.807, 2.05) is 5.57 Å². The van der Waals surface area contributed by atoms with Gasteiger partial charge in [-0.15, -0.1) is 0 Å². The molecule has 3 saturated carbocycles. The van der Waals surface area contributed by atoms with Gasteiger partial charge in [0, 0.05) is 0 Å². The van der Waals surface area contributed by atoms with Gasteiger partial charge in [0.1, 0.15) is 0 Å². The fourth-order valence-corrected chi connectivity index (χ4v) is 12.7. The molecule has 0 nitrogen and oxygen atoms in total. The molecule has 8 atom stereocenters. The second kappa shape index (κ2) is 20.6. The van der Waals surface area contributed by atoms with Gasteiger partial charge in [0.05, 0.1) is 0 Å². The molecule has 0 amide bonds. The van der Waals surface area contributed by atoms with E-state index in [1.165, 1.54) is 154 Å². The minimum Gasteiger partial charge on any atom is -0.0848 e. The monoisotopic (exact) mass is 673 g/mol. The Morgan fingerprint density at radius 1 is 0.388 bits per heavy atom. The largest absolute Gasteiger partial charge is 0.0848 e. The van der Waals surface area contributed by atoms with Crippen molar-refractivity contribution in [3.8, 4) is 0 Å². The van der Waals surface area contributed by atoms with E-state index in [1.54, 1.807) is 51.4 Å². The van der Waals surface area contributed by atoms with Crippen molar-refractivity contribution in [3.63, 3.8) is 0 Å². The summed E-state index contributed by atoms with van der Waals surface area (Å²) in [5.41, 5.74) is 1.86. The predicted octanol–water partition coefficient (Wildman–Crippen LogP) is 15.9. The Bertz CT molecular complexity index is 957. The fourth-order valence-electron chi connectivity index (χ4n) is 12.7. The van der Waals surface area contributed by atoms with Crippen LogP contribution in [0.4, 0.5) is 0 Å². The molecule has 0 radical (unpaired) electrons. The SMILES string of the molecule is CC1CCCCC2/C=C\[C@H](CCC1)CC1CCC(CCC(C)CCC3CCC(CCCCCC(C4CCCC4)CC3)C3CC=C2CC3)CC1. The third-order valence-corrected chi connectivity index (χ3v) is 16.3. The molecule has 9 rings (SSSR count). The van der Waals surface area contributed by atoms with Crippen molar-refractivity contribution in [2.45, 2.75) is 219 Å². The lowest BCUT2D eigenvalue weighted by molar-refractivity contribution is 0.203. The van der Waals surface area contributed by atoms with Crippen molar-refractivity contribution in [3.05, 3.63) is 23.8 Å². The molecule has 49 heavy (non-hydrogen) atoms. The zero-order valence-corrected chi connectivity index (χ0v) is 33.2. The van der Waals surface area contributed by atoms with Gasteiger partial charge in [0.25, 0.3) is 0 Å². The van der Waals surface area contributed by atoms with Crippen LogP contribution in [0.15, 0.2) is 23.8 Å². The number of hydrogen-bond acceptors (Lipinski definition) is 0. The molecule has 0 aromatic rings. The third kappa shape index (κ3) is 12.5. The highest BCUT2D eigenvalue weighted by molar-refractivity contribution is 5.17. The molecule has 0 heteroatoms. The summed E-state index contributed by atoms with van der Waals surface area (Å²) < 4.78 is 0. The van der Waals surface area contributed by atoms with Gasteiger partial charge < -0.3 is 0 Å². The lowest BCUT2D eigenvalue weighted by Crippen LogP contribution is -2.22. The van der Waals surface area contributed by atoms with Gasteiger partial charge in [0.2, 0.25) is 0 Å². The molecule has 280 valence electrons. The summed E-state index contributed by atoms with van der Waals surface area (Å²) in [6.45, 7) is 5.19. The van der Waals surface area contributed by atoms with E-state index in [0.29, 0.717) is 0 Å². The van der Waals surface area contributed by atoms with E-state index in [0.717, 1.165) is 65.1 Å². The van der Waals surface area contributed by atoms with Gasteiger partial charge in [-0.2, -0.15) is 0 Å². The Morgan fingerprint density at radius 2 is 0.898 bits per heavy atom. The van der Waals surface area contributed by atoms with Crippen LogP contribution in [0.3, 0.4) is 0 Å². The second-order valence-corrected chi connectivity index (χ2v) is 20.0. The molecular weight excluding hydrogens is 589 g/mol. The van der Waals surface area contributed by atoms with E-state index in [9.17, 15) is 0 Å². The van der Waals surface area contributed by atoms with Crippen LogP contribution in [0.25, 0.3) is 0 Å². The van der Waals surface area contributed by atoms with Crippen LogP contribution < -0.4 is 0 Å². The summed E-state index contributed by atoms with van der Waals surface area (Å²) in [4.78, 5) is 0. The maximum absolute atomic E-state index is 2.83. The first kappa shape index (κ1) is 38.2. The summed E-state index contributed by atoms with van der Waals surface area (Å²) in [5, 5.41) is 0. The van der Waals surface area contributed by atoms with Gasteiger partial charge in [0.15, 0.2) is 0 Å². The fraction of sp³-hybridized carbons (Fsp3) is 0.918. The Labute approximate surface area is 307 Å². The molecule has 0 heterocycles. The van der Waals surface area contributed by atoms with Crippen molar-refractivity contribution in [2.75, 3.05) is 0 Å². The Kier molecular flexibility index (Phi) is 16.1. The van der Waals surface area contributed by atoms with Gasteiger partial charge >= 0.3 is 0 Å². The predicted molar refractivity (Wildman–Crippen MR) is 215 cm³/mol. The van der Waals surface area contributed by atoms with Crippen LogP contribution in [0.2, 0.25) is 0 Å². The first-order valence-corrected chi connectivity index (χ1v) is 23.5. The zero-order chi connectivity index (χ0) is 33.7. The quantitative estimate of drug-likeness (QED) is 0.243. The van der Waals surface area contributed by atoms with Crippen LogP contribution in [0.1, 0.15) is 219 Å². The van der Waals surface area contributed by atoms with E-state index < -0.39 is 0 Å². The number of allylic oxidation sites excluding steroid dienone is 4. The molecule has 8 bridgehead atoms. The smallest absolute Gasteiger partial charge is 0.00232 e. The summed E-state index contributed by atoms with van der Waals surface area (Å²) >= 11 is 0. The molecule has 9 aliphatic carbocycles. The summed E-state index contributed by atoms with van der Waals surface area (Å²) in [7, 11) is 0. The molecule has 0 aliphatic heterocycles. The van der Waals surface area contributed by atoms with Crippen LogP contribution in [-0.2, 0) is 0 Å². The minimum absolute atomic E-state index is 0.738. The second-order valence-electron chi connectivity index (χ2n) is 20.0. The van der Waals surface area contributed by atoms with Crippen molar-refractivity contribution in [1.29, 1.82) is 0 Å². The van der Waals surface area contributed by atoms with Crippen LogP contribution in [-0.4, -0.2) is 0 Å². The van der Waals surface area contributed by atoms with Crippen molar-refractivity contribution < 1.29 is 0 Å². The highest BCUT2D eigenvalue weighted by atomic mass is 14.4. The number of hydrogen-bond donors (Lipinski definition) is 0. The highest BCUT2D eigenvalue weighted by Crippen LogP contribution is 2.43.